The molecule has 0 fully saturated rings. The van der Waals surface area contributed by atoms with E-state index in [0.717, 1.165) is 17.8 Å². The van der Waals surface area contributed by atoms with Gasteiger partial charge in [-0.1, -0.05) is 42.1 Å². The van der Waals surface area contributed by atoms with E-state index in [4.69, 9.17) is 4.74 Å². The number of nitrogens with one attached hydrogen (secondary N) is 1. The molecule has 0 saturated heterocycles. The second-order valence-corrected chi connectivity index (χ2v) is 11.1. The van der Waals surface area contributed by atoms with E-state index in [0.29, 0.717) is 39.2 Å². The summed E-state index contributed by atoms with van der Waals surface area (Å²) in [7, 11) is 1.46. The molecule has 2 heterocycles. The molecule has 0 bridgehead atoms. The number of nitriles is 1. The van der Waals surface area contributed by atoms with Crippen molar-refractivity contribution in [2.45, 2.75) is 23.4 Å². The van der Waals surface area contributed by atoms with Crippen molar-refractivity contribution in [3.8, 4) is 34.3 Å². The lowest BCUT2D eigenvalue weighted by atomic mass is 10.0. The van der Waals surface area contributed by atoms with E-state index in [2.05, 4.69) is 15.3 Å². The minimum atomic E-state index is -4.83. The highest BCUT2D eigenvalue weighted by atomic mass is 32.2. The molecule has 2 N–H and O–H groups in total. The Morgan fingerprint density at radius 1 is 0.956 bits per heavy atom. The fourth-order valence-electron chi connectivity index (χ4n) is 4.54. The predicted octanol–water partition coefficient (Wildman–Crippen LogP) is 7.68. The number of anilines is 1. The Hall–Kier alpha value is -5.41. The van der Waals surface area contributed by atoms with Crippen LogP contribution < -0.4 is 10.1 Å². The highest BCUT2D eigenvalue weighted by Crippen LogP contribution is 2.39. The number of hydrogen-bond acceptors (Lipinski definition) is 7. The van der Waals surface area contributed by atoms with Crippen LogP contribution >= 0.6 is 11.8 Å². The van der Waals surface area contributed by atoms with Crippen molar-refractivity contribution in [1.82, 2.24) is 9.97 Å². The van der Waals surface area contributed by atoms with Gasteiger partial charge in [0.15, 0.2) is 0 Å². The maximum Gasteiger partial charge on any atom is 0.417 e. The van der Waals surface area contributed by atoms with Gasteiger partial charge in [0, 0.05) is 22.2 Å². The van der Waals surface area contributed by atoms with Crippen LogP contribution in [-0.2, 0) is 11.0 Å². The normalized spacial score (nSPS) is 11.9. The van der Waals surface area contributed by atoms with E-state index in [1.165, 1.54) is 20.1 Å². The number of carbonyl (C=O) groups excluding carboxylic acids is 1. The lowest BCUT2D eigenvalue weighted by molar-refractivity contribution is -0.138. The molecule has 0 saturated carbocycles. The summed E-state index contributed by atoms with van der Waals surface area (Å²) in [5, 5.41) is 21.4. The van der Waals surface area contributed by atoms with E-state index in [1.807, 2.05) is 0 Å². The summed E-state index contributed by atoms with van der Waals surface area (Å²) in [6.07, 6.45) is -4.83. The molecule has 0 spiro atoms. The zero-order chi connectivity index (χ0) is 32.3. The van der Waals surface area contributed by atoms with Crippen LogP contribution in [0.25, 0.3) is 33.4 Å². The summed E-state index contributed by atoms with van der Waals surface area (Å²) < 4.78 is 47.1. The fourth-order valence-corrected chi connectivity index (χ4v) is 5.46. The van der Waals surface area contributed by atoms with Gasteiger partial charge >= 0.3 is 12.1 Å². The maximum atomic E-state index is 14.0. The van der Waals surface area contributed by atoms with Gasteiger partial charge in [0.05, 0.1) is 46.0 Å². The summed E-state index contributed by atoms with van der Waals surface area (Å²) in [4.78, 5) is 33.8. The van der Waals surface area contributed by atoms with E-state index in [-0.39, 0.29) is 16.3 Å². The van der Waals surface area contributed by atoms with Crippen LogP contribution in [0.4, 0.5) is 18.9 Å². The number of fused-ring (bicyclic) bond motifs is 1. The zero-order valence-corrected chi connectivity index (χ0v) is 24.5. The first-order chi connectivity index (χ1) is 21.5. The Labute approximate surface area is 259 Å². The number of carboxylic acids is 1. The second-order valence-electron chi connectivity index (χ2n) is 9.78. The number of ether oxygens (including phenoxy) is 1. The molecule has 1 amide bonds. The van der Waals surface area contributed by atoms with E-state index >= 15 is 0 Å². The van der Waals surface area contributed by atoms with Gasteiger partial charge in [0.25, 0.3) is 0 Å². The summed E-state index contributed by atoms with van der Waals surface area (Å²) in [6, 6.07) is 23.6. The summed E-state index contributed by atoms with van der Waals surface area (Å²) in [5.41, 5.74) is 0.611. The van der Waals surface area contributed by atoms with Crippen LogP contribution in [0.3, 0.4) is 0 Å². The molecule has 0 aliphatic rings. The SMILES string of the molecule is COc1ccc(-c2cc(C(F)(F)F)c(C#N)c(SC(C)C(=O)Nc3ccc(-c4cc(C(=O)O)c5ccccc5n4)cc3)n2)cc1. The lowest BCUT2D eigenvalue weighted by Crippen LogP contribution is -2.23. The van der Waals surface area contributed by atoms with Gasteiger partial charge in [-0.25, -0.2) is 14.8 Å². The molecule has 12 heteroatoms. The molecule has 226 valence electrons. The van der Waals surface area contributed by atoms with E-state index in [9.17, 15) is 33.1 Å². The Kier molecular flexibility index (Phi) is 8.74. The molecule has 0 radical (unpaired) electrons. The van der Waals surface area contributed by atoms with Crippen molar-refractivity contribution in [2.75, 3.05) is 12.4 Å². The molecule has 1 atom stereocenters. The average Bonchev–Trinajstić information content (AvgIpc) is 3.03. The van der Waals surface area contributed by atoms with Crippen LogP contribution in [0, 0.1) is 11.3 Å². The first kappa shape index (κ1) is 31.0. The minimum Gasteiger partial charge on any atom is -0.497 e. The molecule has 5 aromatic rings. The molecule has 0 aliphatic heterocycles. The number of halogens is 3. The van der Waals surface area contributed by atoms with Crippen molar-refractivity contribution in [3.05, 3.63) is 102 Å². The number of aromatic nitrogens is 2. The van der Waals surface area contributed by atoms with Crippen LogP contribution in [0.5, 0.6) is 5.75 Å². The topological polar surface area (TPSA) is 125 Å². The first-order valence-electron chi connectivity index (χ1n) is 13.4. The van der Waals surface area contributed by atoms with Crippen molar-refractivity contribution < 1.29 is 32.6 Å². The number of thioether (sulfide) groups is 1. The number of aromatic carboxylic acids is 1. The molecule has 8 nitrogen and oxygen atoms in total. The van der Waals surface area contributed by atoms with E-state index in [1.54, 1.807) is 78.9 Å². The predicted molar refractivity (Wildman–Crippen MR) is 164 cm³/mol. The maximum absolute atomic E-state index is 14.0. The third-order valence-corrected chi connectivity index (χ3v) is 7.93. The first-order valence-corrected chi connectivity index (χ1v) is 14.2. The van der Waals surface area contributed by atoms with Gasteiger partial charge in [-0.05, 0) is 61.5 Å². The summed E-state index contributed by atoms with van der Waals surface area (Å²) in [6.45, 7) is 1.50. The fraction of sp³-hybridized carbons (Fsp3) is 0.121. The van der Waals surface area contributed by atoms with Gasteiger partial charge in [0.2, 0.25) is 5.91 Å². The number of pyridine rings is 2. The Bertz CT molecular complexity index is 1960. The lowest BCUT2D eigenvalue weighted by Gasteiger charge is -2.17. The molecular formula is C33H23F3N4O4S. The molecular weight excluding hydrogens is 605 g/mol. The van der Waals surface area contributed by atoms with Gasteiger partial charge in [-0.15, -0.1) is 0 Å². The standard InChI is InChI=1S/C33H23F3N4O4S/c1-18(45-31-25(17-37)26(33(34,35)36)16-29(40-31)20-9-13-22(44-2)14-10-20)30(41)38-21-11-7-19(8-12-21)28-15-24(32(42)43)23-5-3-4-6-27(23)39-28/h3-16,18H,1-2H3,(H,38,41)(H,42,43). The van der Waals surface area contributed by atoms with Gasteiger partial charge in [-0.3, -0.25) is 4.79 Å². The number of carbonyl (C=O) groups is 2. The van der Waals surface area contributed by atoms with E-state index < -0.39 is 34.4 Å². The number of benzene rings is 3. The third kappa shape index (κ3) is 6.73. The molecule has 3 aromatic carbocycles. The van der Waals surface area contributed by atoms with Gasteiger partial charge in [0.1, 0.15) is 16.8 Å². The Balaban J connectivity index is 1.38. The molecule has 5 rings (SSSR count). The van der Waals surface area contributed by atoms with Crippen molar-refractivity contribution in [2.24, 2.45) is 0 Å². The smallest absolute Gasteiger partial charge is 0.417 e. The second kappa shape index (κ2) is 12.7. The number of nitrogens with zero attached hydrogens (tertiary/aromatic N) is 3. The highest BCUT2D eigenvalue weighted by Gasteiger charge is 2.36. The summed E-state index contributed by atoms with van der Waals surface area (Å²) >= 11 is 0.738. The average molecular weight is 629 g/mol. The number of alkyl halides is 3. The number of para-hydroxylation sites is 1. The van der Waals surface area contributed by atoms with Gasteiger partial charge < -0.3 is 15.2 Å². The zero-order valence-electron chi connectivity index (χ0n) is 23.7. The van der Waals surface area contributed by atoms with Gasteiger partial charge in [-0.2, -0.15) is 18.4 Å². The van der Waals surface area contributed by atoms with Crippen molar-refractivity contribution >= 4 is 40.2 Å². The number of rotatable bonds is 8. The molecule has 45 heavy (non-hydrogen) atoms. The quantitative estimate of drug-likeness (QED) is 0.168. The van der Waals surface area contributed by atoms with Crippen molar-refractivity contribution in [3.63, 3.8) is 0 Å². The minimum absolute atomic E-state index is 0.0111. The summed E-state index contributed by atoms with van der Waals surface area (Å²) in [5.74, 6) is -1.11. The highest BCUT2D eigenvalue weighted by molar-refractivity contribution is 8.00. The largest absolute Gasteiger partial charge is 0.497 e. The Morgan fingerprint density at radius 3 is 2.18 bits per heavy atom. The van der Waals surface area contributed by atoms with Crippen LogP contribution in [0.2, 0.25) is 0 Å². The molecule has 2 aromatic heterocycles. The number of hydrogen-bond donors (Lipinski definition) is 2. The van der Waals surface area contributed by atoms with Crippen LogP contribution in [-0.4, -0.2) is 39.3 Å². The number of carboxylic acid groups (broad SMARTS) is 1. The van der Waals surface area contributed by atoms with Crippen molar-refractivity contribution in [1.29, 1.82) is 5.26 Å². The number of amides is 1. The number of methoxy groups -OCH3 is 1. The Morgan fingerprint density at radius 2 is 1.58 bits per heavy atom. The molecule has 0 aliphatic carbocycles. The third-order valence-electron chi connectivity index (χ3n) is 6.84. The monoisotopic (exact) mass is 628 g/mol. The van der Waals surface area contributed by atoms with Crippen LogP contribution in [0.1, 0.15) is 28.4 Å². The molecule has 1 unspecified atom stereocenters. The van der Waals surface area contributed by atoms with Crippen LogP contribution in [0.15, 0.2) is 90.0 Å².